The lowest BCUT2D eigenvalue weighted by Gasteiger charge is -2.41. The summed E-state index contributed by atoms with van der Waals surface area (Å²) in [6, 6.07) is 12.0. The van der Waals surface area contributed by atoms with Gasteiger partial charge in [0.05, 0.1) is 0 Å². The molecule has 1 saturated heterocycles. The SMILES string of the molecule is CC(C)N(CCN)[C@@H]1CCCN(Cc2ccccc2)C1. The number of rotatable bonds is 6. The van der Waals surface area contributed by atoms with Crippen molar-refractivity contribution in [2.24, 2.45) is 5.73 Å². The Balaban J connectivity index is 1.93. The zero-order valence-corrected chi connectivity index (χ0v) is 13.0. The second-order valence-corrected chi connectivity index (χ2v) is 6.14. The van der Waals surface area contributed by atoms with Crippen molar-refractivity contribution in [1.82, 2.24) is 9.80 Å². The lowest BCUT2D eigenvalue weighted by Crippen LogP contribution is -2.51. The minimum Gasteiger partial charge on any atom is -0.329 e. The number of benzene rings is 1. The molecule has 20 heavy (non-hydrogen) atoms. The molecule has 3 nitrogen and oxygen atoms in total. The largest absolute Gasteiger partial charge is 0.329 e. The Kier molecular flexibility index (Phi) is 6.02. The Labute approximate surface area is 123 Å². The van der Waals surface area contributed by atoms with Gasteiger partial charge in [0.15, 0.2) is 0 Å². The van der Waals surface area contributed by atoms with Crippen LogP contribution in [-0.4, -0.2) is 48.1 Å². The molecule has 1 atom stereocenters. The molecule has 0 saturated carbocycles. The van der Waals surface area contributed by atoms with Gasteiger partial charge in [-0.25, -0.2) is 0 Å². The van der Waals surface area contributed by atoms with E-state index in [9.17, 15) is 0 Å². The Morgan fingerprint density at radius 3 is 2.70 bits per heavy atom. The molecule has 1 aromatic rings. The quantitative estimate of drug-likeness (QED) is 0.865. The minimum absolute atomic E-state index is 0.584. The lowest BCUT2D eigenvalue weighted by molar-refractivity contribution is 0.0739. The average Bonchev–Trinajstić information content (AvgIpc) is 2.46. The summed E-state index contributed by atoms with van der Waals surface area (Å²) >= 11 is 0. The van der Waals surface area contributed by atoms with Crippen molar-refractivity contribution in [2.45, 2.75) is 45.3 Å². The van der Waals surface area contributed by atoms with Gasteiger partial charge in [-0.05, 0) is 38.8 Å². The molecule has 1 aliphatic heterocycles. The van der Waals surface area contributed by atoms with Gasteiger partial charge in [0, 0.05) is 38.3 Å². The van der Waals surface area contributed by atoms with Gasteiger partial charge in [-0.3, -0.25) is 9.80 Å². The monoisotopic (exact) mass is 275 g/mol. The van der Waals surface area contributed by atoms with Crippen molar-refractivity contribution in [3.8, 4) is 0 Å². The van der Waals surface area contributed by atoms with Gasteiger partial charge < -0.3 is 5.73 Å². The van der Waals surface area contributed by atoms with E-state index in [2.05, 4.69) is 54.0 Å². The number of hydrogen-bond acceptors (Lipinski definition) is 3. The first-order valence-corrected chi connectivity index (χ1v) is 7.92. The Bertz CT molecular complexity index is 377. The maximum Gasteiger partial charge on any atom is 0.0234 e. The maximum absolute atomic E-state index is 5.78. The van der Waals surface area contributed by atoms with Crippen LogP contribution in [0.15, 0.2) is 30.3 Å². The fourth-order valence-electron chi connectivity index (χ4n) is 3.30. The molecule has 1 aliphatic rings. The third kappa shape index (κ3) is 4.30. The van der Waals surface area contributed by atoms with Crippen molar-refractivity contribution in [1.29, 1.82) is 0 Å². The van der Waals surface area contributed by atoms with Crippen LogP contribution in [0, 0.1) is 0 Å². The van der Waals surface area contributed by atoms with Crippen LogP contribution in [0.1, 0.15) is 32.3 Å². The van der Waals surface area contributed by atoms with Crippen LogP contribution >= 0.6 is 0 Å². The predicted molar refractivity (Wildman–Crippen MR) is 85.6 cm³/mol. The summed E-state index contributed by atoms with van der Waals surface area (Å²) in [6.45, 7) is 9.81. The van der Waals surface area contributed by atoms with Gasteiger partial charge in [0.2, 0.25) is 0 Å². The van der Waals surface area contributed by atoms with Crippen molar-refractivity contribution < 1.29 is 0 Å². The molecule has 112 valence electrons. The molecule has 0 bridgehead atoms. The van der Waals surface area contributed by atoms with Crippen LogP contribution in [0.3, 0.4) is 0 Å². The molecule has 2 N–H and O–H groups in total. The highest BCUT2D eigenvalue weighted by Gasteiger charge is 2.26. The average molecular weight is 275 g/mol. The van der Waals surface area contributed by atoms with Crippen molar-refractivity contribution in [3.05, 3.63) is 35.9 Å². The second-order valence-electron chi connectivity index (χ2n) is 6.14. The number of piperidine rings is 1. The van der Waals surface area contributed by atoms with Crippen molar-refractivity contribution in [3.63, 3.8) is 0 Å². The molecule has 2 rings (SSSR count). The van der Waals surface area contributed by atoms with E-state index in [0.717, 1.165) is 19.6 Å². The highest BCUT2D eigenvalue weighted by Crippen LogP contribution is 2.19. The van der Waals surface area contributed by atoms with Gasteiger partial charge >= 0.3 is 0 Å². The normalized spacial score (nSPS) is 20.8. The van der Waals surface area contributed by atoms with E-state index < -0.39 is 0 Å². The van der Waals surface area contributed by atoms with E-state index in [4.69, 9.17) is 5.73 Å². The lowest BCUT2D eigenvalue weighted by atomic mass is 10.0. The molecule has 0 unspecified atom stereocenters. The van der Waals surface area contributed by atoms with Crippen LogP contribution < -0.4 is 5.73 Å². The summed E-state index contributed by atoms with van der Waals surface area (Å²) in [5.41, 5.74) is 7.20. The van der Waals surface area contributed by atoms with Gasteiger partial charge in [0.1, 0.15) is 0 Å². The Morgan fingerprint density at radius 2 is 2.05 bits per heavy atom. The molecule has 3 heteroatoms. The molecular weight excluding hydrogens is 246 g/mol. The fraction of sp³-hybridized carbons (Fsp3) is 0.647. The number of likely N-dealkylation sites (tertiary alicyclic amines) is 1. The van der Waals surface area contributed by atoms with Gasteiger partial charge in [-0.1, -0.05) is 30.3 Å². The first-order valence-electron chi connectivity index (χ1n) is 7.92. The number of nitrogens with zero attached hydrogens (tertiary/aromatic N) is 2. The summed E-state index contributed by atoms with van der Waals surface area (Å²) in [7, 11) is 0. The van der Waals surface area contributed by atoms with Crippen LogP contribution in [0.25, 0.3) is 0 Å². The highest BCUT2D eigenvalue weighted by atomic mass is 15.2. The fourth-order valence-corrected chi connectivity index (χ4v) is 3.30. The van der Waals surface area contributed by atoms with E-state index in [1.807, 2.05) is 0 Å². The van der Waals surface area contributed by atoms with Crippen LogP contribution in [0.5, 0.6) is 0 Å². The number of nitrogens with two attached hydrogens (primary N) is 1. The topological polar surface area (TPSA) is 32.5 Å². The van der Waals surface area contributed by atoms with Crippen LogP contribution in [0.2, 0.25) is 0 Å². The molecule has 1 fully saturated rings. The van der Waals surface area contributed by atoms with Crippen LogP contribution in [0.4, 0.5) is 0 Å². The zero-order chi connectivity index (χ0) is 14.4. The summed E-state index contributed by atoms with van der Waals surface area (Å²) in [4.78, 5) is 5.17. The molecule has 1 heterocycles. The second kappa shape index (κ2) is 7.77. The first kappa shape index (κ1) is 15.5. The van der Waals surface area contributed by atoms with Crippen LogP contribution in [-0.2, 0) is 6.54 Å². The maximum atomic E-state index is 5.78. The van der Waals surface area contributed by atoms with Crippen molar-refractivity contribution in [2.75, 3.05) is 26.2 Å². The van der Waals surface area contributed by atoms with Gasteiger partial charge in [-0.2, -0.15) is 0 Å². The van der Waals surface area contributed by atoms with Gasteiger partial charge in [-0.15, -0.1) is 0 Å². The molecule has 0 spiro atoms. The molecule has 1 aromatic carbocycles. The summed E-state index contributed by atoms with van der Waals surface area (Å²) in [5, 5.41) is 0. The molecular formula is C17H29N3. The summed E-state index contributed by atoms with van der Waals surface area (Å²) in [5.74, 6) is 0. The molecule has 0 aliphatic carbocycles. The van der Waals surface area contributed by atoms with E-state index >= 15 is 0 Å². The predicted octanol–water partition coefficient (Wildman–Crippen LogP) is 2.32. The van der Waals surface area contributed by atoms with E-state index in [0.29, 0.717) is 12.1 Å². The Hall–Kier alpha value is -0.900. The summed E-state index contributed by atoms with van der Waals surface area (Å²) in [6.07, 6.45) is 2.61. The van der Waals surface area contributed by atoms with Crippen molar-refractivity contribution >= 4 is 0 Å². The standard InChI is InChI=1S/C17H29N3/c1-15(2)20(12-10-18)17-9-6-11-19(14-17)13-16-7-4-3-5-8-16/h3-5,7-8,15,17H,6,9-14,18H2,1-2H3/t17-/m1/s1. The third-order valence-corrected chi connectivity index (χ3v) is 4.25. The van der Waals surface area contributed by atoms with E-state index in [1.165, 1.54) is 31.5 Å². The van der Waals surface area contributed by atoms with E-state index in [1.54, 1.807) is 0 Å². The Morgan fingerprint density at radius 1 is 1.30 bits per heavy atom. The summed E-state index contributed by atoms with van der Waals surface area (Å²) < 4.78 is 0. The third-order valence-electron chi connectivity index (χ3n) is 4.25. The molecule has 0 radical (unpaired) electrons. The smallest absolute Gasteiger partial charge is 0.0234 e. The minimum atomic E-state index is 0.584. The van der Waals surface area contributed by atoms with Gasteiger partial charge in [0.25, 0.3) is 0 Å². The molecule has 0 aromatic heterocycles. The first-order chi connectivity index (χ1) is 9.70. The van der Waals surface area contributed by atoms with E-state index in [-0.39, 0.29) is 0 Å². The zero-order valence-electron chi connectivity index (χ0n) is 13.0. The number of hydrogen-bond donors (Lipinski definition) is 1. The highest BCUT2D eigenvalue weighted by molar-refractivity contribution is 5.14. The molecule has 0 amide bonds.